The van der Waals surface area contributed by atoms with Gasteiger partial charge in [0.05, 0.1) is 31.8 Å². The highest BCUT2D eigenvalue weighted by molar-refractivity contribution is 6.30. The zero-order valence-corrected chi connectivity index (χ0v) is 66.1. The van der Waals surface area contributed by atoms with Gasteiger partial charge in [-0.15, -0.1) is 0 Å². The summed E-state index contributed by atoms with van der Waals surface area (Å²) in [7, 11) is 8.39. The molecule has 28 heteroatoms. The highest BCUT2D eigenvalue weighted by Crippen LogP contribution is 2.27. The Hall–Kier alpha value is -7.23. The van der Waals surface area contributed by atoms with E-state index in [-0.39, 0.29) is 63.0 Å². The fourth-order valence-corrected chi connectivity index (χ4v) is 13.7. The molecular weight excluding hydrogens is 1360 g/mol. The molecule has 0 aromatic heterocycles. The van der Waals surface area contributed by atoms with Crippen LogP contribution in [-0.4, -0.2) is 275 Å². The summed E-state index contributed by atoms with van der Waals surface area (Å²) in [5.74, 6) is -10.3. The molecule has 1 aliphatic carbocycles. The first-order valence-electron chi connectivity index (χ1n) is 37.6. The molecule has 1 aromatic rings. The number of aliphatic hydroxyl groups excluding tert-OH is 2. The van der Waals surface area contributed by atoms with Crippen molar-refractivity contribution in [3.8, 4) is 0 Å². The first-order valence-corrected chi connectivity index (χ1v) is 38.0. The van der Waals surface area contributed by atoms with Crippen LogP contribution >= 0.6 is 11.6 Å². The smallest absolute Gasteiger partial charge is 0.249 e. The number of carbonyl (C=O) groups is 12. The first kappa shape index (κ1) is 89.2. The Labute approximate surface area is 622 Å². The molecule has 3 aliphatic rings. The van der Waals surface area contributed by atoms with Crippen LogP contribution in [0.5, 0.6) is 0 Å². The molecule has 1 saturated carbocycles. The van der Waals surface area contributed by atoms with Gasteiger partial charge in [-0.2, -0.15) is 0 Å². The second-order valence-electron chi connectivity index (χ2n) is 30.6. The molecule has 0 bridgehead atoms. The van der Waals surface area contributed by atoms with Crippen LogP contribution in [0.1, 0.15) is 185 Å². The van der Waals surface area contributed by atoms with Crippen LogP contribution < -0.4 is 21.3 Å². The standard InChI is InChI=1S/C76H125ClN12O15/c1-19-20-33-89-44-64(93)83(14)59(38-47(4)5)68(95)79-57(73(100)88-34-25-22-26-35-88)43-63(92)82(13)51(11)67(94)80-58(45-104-36-32-50(10)90)72(99)85(16)61(39-48(6)7)74(101)84(15)60(42-54-30-27-31-55(77)40-54)69(96)78-56(37-46(2)3)71(98)86(17)62(41-53-28-23-21-24-29-53)75(102)87(18)66(49(8)9)70(97)81-65(52(12)91)76(89)103/h27,30-31,40-41,46-52,56-62,65-66,90-91H,19-26,28-29,32-39,42-45H2,1-18H3,(H,78,96)(H,79,95)(H,80,94)(H,81,97)/t50-,51-,52+,56-,57-,58-,59-,60-,61-,62-,65-,66-/m0/s1. The second-order valence-corrected chi connectivity index (χ2v) is 31.0. The van der Waals surface area contributed by atoms with Crippen LogP contribution in [0.2, 0.25) is 5.02 Å². The molecular formula is C76H125ClN12O15. The van der Waals surface area contributed by atoms with E-state index in [0.717, 1.165) is 36.2 Å². The molecule has 4 rings (SSSR count). The topological polar surface area (TPSA) is 329 Å². The van der Waals surface area contributed by atoms with Crippen LogP contribution in [0.25, 0.3) is 0 Å². The number of nitrogens with one attached hydrogen (secondary N) is 4. The van der Waals surface area contributed by atoms with Crippen LogP contribution in [0.15, 0.2) is 35.9 Å². The lowest BCUT2D eigenvalue weighted by atomic mass is 9.92. The van der Waals surface area contributed by atoms with Crippen molar-refractivity contribution in [2.75, 3.05) is 81.7 Å². The number of halogens is 1. The van der Waals surface area contributed by atoms with Crippen LogP contribution in [0.4, 0.5) is 0 Å². The van der Waals surface area contributed by atoms with Crippen LogP contribution in [0, 0.1) is 23.7 Å². The van der Waals surface area contributed by atoms with E-state index >= 15 is 33.6 Å². The Morgan fingerprint density at radius 1 is 0.606 bits per heavy atom. The van der Waals surface area contributed by atoms with Crippen LogP contribution in [-0.2, 0) is 68.7 Å². The maximum atomic E-state index is 15.6. The van der Waals surface area contributed by atoms with E-state index in [2.05, 4.69) is 21.3 Å². The van der Waals surface area contributed by atoms with Gasteiger partial charge in [0.2, 0.25) is 70.9 Å². The average molecular weight is 1480 g/mol. The van der Waals surface area contributed by atoms with E-state index < -0.39 is 169 Å². The average Bonchev–Trinajstić information content (AvgIpc) is 0.634. The Bertz CT molecular complexity index is 3100. The molecule has 12 atom stereocenters. The SMILES string of the molecule is CCCCN1CC(=O)N(C)[C@@H](CC(C)C)C(=O)N[C@H](C(=O)N2CCCCC2)CC(=O)N(C)[C@@H](C)C(=O)N[C@@H](COCC[C@H](C)O)C(=O)N(C)[C@@H](CC(C)C)C(=O)N(C)[C@@H](Cc2cccc(Cl)c2)C(=O)N[C@@H](CC(C)C)C(=O)N(C)[C@@H](C=C2CCCCC2)C(=O)N(C)[C@@H](C(C)C)C(=O)N[C@@H]([C@@H](C)O)C1=O. The van der Waals surface area contributed by atoms with Crippen molar-refractivity contribution in [1.29, 1.82) is 0 Å². The minimum absolute atomic E-state index is 0.0175. The zero-order valence-electron chi connectivity index (χ0n) is 65.3. The van der Waals surface area contributed by atoms with Crippen molar-refractivity contribution in [3.63, 3.8) is 0 Å². The van der Waals surface area contributed by atoms with Crippen molar-refractivity contribution in [2.24, 2.45) is 23.7 Å². The molecule has 6 N–H and O–H groups in total. The maximum absolute atomic E-state index is 15.6. The minimum atomic E-state index is -1.67. The van der Waals surface area contributed by atoms with E-state index in [9.17, 15) is 34.2 Å². The van der Waals surface area contributed by atoms with E-state index in [1.807, 2.05) is 48.5 Å². The zero-order chi connectivity index (χ0) is 78.1. The summed E-state index contributed by atoms with van der Waals surface area (Å²) in [5, 5.41) is 33.2. The van der Waals surface area contributed by atoms with Gasteiger partial charge in [0.25, 0.3) is 0 Å². The number of nitrogens with zero attached hydrogens (tertiary/aromatic N) is 8. The van der Waals surface area contributed by atoms with Crippen molar-refractivity contribution < 1.29 is 72.5 Å². The monoisotopic (exact) mass is 1480 g/mol. The summed E-state index contributed by atoms with van der Waals surface area (Å²) in [6.07, 6.45) is 5.88. The molecule has 27 nitrogen and oxygen atoms in total. The van der Waals surface area contributed by atoms with E-state index in [4.69, 9.17) is 16.3 Å². The molecule has 3 fully saturated rings. The number of allylic oxidation sites excluding steroid dienone is 1. The summed E-state index contributed by atoms with van der Waals surface area (Å²) >= 11 is 6.55. The fourth-order valence-electron chi connectivity index (χ4n) is 13.5. The van der Waals surface area contributed by atoms with Gasteiger partial charge < -0.3 is 75.4 Å². The Morgan fingerprint density at radius 3 is 1.74 bits per heavy atom. The second kappa shape index (κ2) is 42.8. The maximum Gasteiger partial charge on any atom is 0.249 e. The molecule has 1 aromatic carbocycles. The van der Waals surface area contributed by atoms with Gasteiger partial charge in [0.1, 0.15) is 60.4 Å². The number of benzene rings is 1. The first-order chi connectivity index (χ1) is 48.8. The number of piperidine rings is 1. The molecule has 0 radical (unpaired) electrons. The number of unbranched alkanes of at least 4 members (excludes halogenated alkanes) is 1. The normalized spacial score (nSPS) is 25.8. The molecule has 12 amide bonds. The summed E-state index contributed by atoms with van der Waals surface area (Å²) < 4.78 is 5.93. The third kappa shape index (κ3) is 26.4. The molecule has 2 aliphatic heterocycles. The molecule has 0 unspecified atom stereocenters. The number of hydrogen-bond donors (Lipinski definition) is 6. The highest BCUT2D eigenvalue weighted by atomic mass is 35.5. The molecule has 104 heavy (non-hydrogen) atoms. The molecule has 2 saturated heterocycles. The summed E-state index contributed by atoms with van der Waals surface area (Å²) in [6, 6.07) is -7.31. The number of likely N-dealkylation sites (N-methyl/N-ethyl adjacent to an activating group) is 6. The van der Waals surface area contributed by atoms with Gasteiger partial charge in [0, 0.05) is 80.0 Å². The number of ether oxygens (including phenoxy) is 1. The van der Waals surface area contributed by atoms with E-state index in [1.165, 1.54) is 85.5 Å². The quantitative estimate of drug-likeness (QED) is 0.0761. The Kier molecular flexibility index (Phi) is 36.7. The predicted molar refractivity (Wildman–Crippen MR) is 398 cm³/mol. The van der Waals surface area contributed by atoms with Gasteiger partial charge in [0.15, 0.2) is 0 Å². The molecule has 586 valence electrons. The van der Waals surface area contributed by atoms with Gasteiger partial charge in [-0.3, -0.25) is 57.5 Å². The van der Waals surface area contributed by atoms with Crippen molar-refractivity contribution >= 4 is 82.5 Å². The van der Waals surface area contributed by atoms with E-state index in [0.29, 0.717) is 62.2 Å². The molecule has 0 spiro atoms. The number of amides is 12. The third-order valence-corrected chi connectivity index (χ3v) is 20.3. The number of aliphatic hydroxyl groups is 2. The number of hydrogen-bond acceptors (Lipinski definition) is 15. The van der Waals surface area contributed by atoms with Crippen LogP contribution in [0.3, 0.4) is 0 Å². The Balaban J connectivity index is 2.02. The lowest BCUT2D eigenvalue weighted by Gasteiger charge is -2.38. The summed E-state index contributed by atoms with van der Waals surface area (Å²) in [6.45, 7) is 20.1. The number of rotatable bonds is 20. The minimum Gasteiger partial charge on any atom is -0.393 e. The van der Waals surface area contributed by atoms with Crippen molar-refractivity contribution in [3.05, 3.63) is 46.5 Å². The number of likely N-dealkylation sites (tertiary alicyclic amines) is 1. The van der Waals surface area contributed by atoms with Crippen molar-refractivity contribution in [1.82, 2.24) is 60.5 Å². The van der Waals surface area contributed by atoms with Gasteiger partial charge in [-0.1, -0.05) is 111 Å². The largest absolute Gasteiger partial charge is 0.393 e. The third-order valence-electron chi connectivity index (χ3n) is 20.0. The predicted octanol–water partition coefficient (Wildman–Crippen LogP) is 4.70. The summed E-state index contributed by atoms with van der Waals surface area (Å²) in [5.41, 5.74) is 1.44. The lowest BCUT2D eigenvalue weighted by molar-refractivity contribution is -0.151. The van der Waals surface area contributed by atoms with Gasteiger partial charge in [-0.25, -0.2) is 0 Å². The van der Waals surface area contributed by atoms with Crippen molar-refractivity contribution in [2.45, 2.75) is 258 Å². The highest BCUT2D eigenvalue weighted by Gasteiger charge is 2.44. The van der Waals surface area contributed by atoms with E-state index in [1.54, 1.807) is 56.0 Å². The fraction of sp³-hybridized carbons (Fsp3) is 0.737. The molecule has 2 heterocycles. The van der Waals surface area contributed by atoms with Gasteiger partial charge >= 0.3 is 0 Å². The summed E-state index contributed by atoms with van der Waals surface area (Å²) in [4.78, 5) is 191. The lowest BCUT2D eigenvalue weighted by Crippen LogP contribution is -2.62. The van der Waals surface area contributed by atoms with Gasteiger partial charge in [-0.05, 0) is 139 Å². The number of carbonyl (C=O) groups excluding carboxylic acids is 12. The Morgan fingerprint density at radius 2 is 1.17 bits per heavy atom.